The Balaban J connectivity index is 2.03. The van der Waals surface area contributed by atoms with Crippen LogP contribution in [0, 0.1) is 0 Å². The second kappa shape index (κ2) is 11.8. The van der Waals surface area contributed by atoms with E-state index in [2.05, 4.69) is 79.8 Å². The van der Waals surface area contributed by atoms with Crippen LogP contribution in [0.5, 0.6) is 0 Å². The lowest BCUT2D eigenvalue weighted by Gasteiger charge is -2.20. The van der Waals surface area contributed by atoms with E-state index in [0.29, 0.717) is 19.0 Å². The monoisotopic (exact) mass is 401 g/mol. The van der Waals surface area contributed by atoms with Gasteiger partial charge in [-0.15, -0.1) is 11.3 Å². The molecule has 0 aliphatic carbocycles. The van der Waals surface area contributed by atoms with Crippen LogP contribution in [0.3, 0.4) is 0 Å². The summed E-state index contributed by atoms with van der Waals surface area (Å²) in [7, 11) is 0. The molecule has 2 N–H and O–H groups in total. The van der Waals surface area contributed by atoms with Gasteiger partial charge in [0.2, 0.25) is 0 Å². The van der Waals surface area contributed by atoms with Crippen molar-refractivity contribution in [1.82, 2.24) is 20.5 Å². The van der Waals surface area contributed by atoms with E-state index in [1.165, 1.54) is 11.1 Å². The maximum atomic E-state index is 4.81. The topological polar surface area (TPSA) is 52.6 Å². The lowest BCUT2D eigenvalue weighted by Crippen LogP contribution is -2.36. The molecule has 2 aromatic rings. The third kappa shape index (κ3) is 6.91. The predicted molar refractivity (Wildman–Crippen MR) is 121 cm³/mol. The summed E-state index contributed by atoms with van der Waals surface area (Å²) >= 11 is 1.70. The molecule has 1 heterocycles. The molecule has 0 radical (unpaired) electrons. The van der Waals surface area contributed by atoms with Crippen molar-refractivity contribution < 1.29 is 0 Å². The van der Waals surface area contributed by atoms with Crippen molar-refractivity contribution in [3.05, 3.63) is 51.5 Å². The molecular formula is C22H35N5S. The van der Waals surface area contributed by atoms with Crippen molar-refractivity contribution >= 4 is 17.3 Å². The summed E-state index contributed by atoms with van der Waals surface area (Å²) in [6.07, 6.45) is 0. The van der Waals surface area contributed by atoms with Gasteiger partial charge in [-0.2, -0.15) is 0 Å². The van der Waals surface area contributed by atoms with Crippen LogP contribution in [0.25, 0.3) is 0 Å². The summed E-state index contributed by atoms with van der Waals surface area (Å²) in [5.41, 5.74) is 3.80. The van der Waals surface area contributed by atoms with Gasteiger partial charge in [-0.1, -0.05) is 52.0 Å². The molecule has 6 heteroatoms. The average molecular weight is 402 g/mol. The van der Waals surface area contributed by atoms with E-state index >= 15 is 0 Å². The molecule has 154 valence electrons. The molecule has 28 heavy (non-hydrogen) atoms. The van der Waals surface area contributed by atoms with Gasteiger partial charge < -0.3 is 10.6 Å². The molecule has 0 spiro atoms. The van der Waals surface area contributed by atoms with Crippen molar-refractivity contribution in [2.45, 2.75) is 60.2 Å². The molecule has 0 saturated heterocycles. The number of nitrogens with zero attached hydrogens (tertiary/aromatic N) is 3. The van der Waals surface area contributed by atoms with Crippen LogP contribution in [0.2, 0.25) is 0 Å². The first kappa shape index (κ1) is 22.4. The zero-order valence-corrected chi connectivity index (χ0v) is 18.8. The zero-order chi connectivity index (χ0) is 20.4. The number of hydrogen-bond acceptors (Lipinski definition) is 4. The molecule has 0 aliphatic rings. The molecule has 0 bridgehead atoms. The normalized spacial score (nSPS) is 12.0. The molecule has 0 unspecified atom stereocenters. The molecule has 0 saturated carbocycles. The highest BCUT2D eigenvalue weighted by Crippen LogP contribution is 2.17. The van der Waals surface area contributed by atoms with Crippen molar-refractivity contribution in [3.63, 3.8) is 0 Å². The summed E-state index contributed by atoms with van der Waals surface area (Å²) in [5, 5.41) is 10.0. The number of aliphatic imine (C=N–C) groups is 1. The minimum absolute atomic E-state index is 0.467. The fourth-order valence-corrected chi connectivity index (χ4v) is 3.79. The van der Waals surface area contributed by atoms with Crippen molar-refractivity contribution in [2.75, 3.05) is 19.6 Å². The van der Waals surface area contributed by atoms with Gasteiger partial charge >= 0.3 is 0 Å². The SMILES string of the molecule is CCNC(=NCc1ccccc1CN(CC)CC)NCc1nc(C(C)C)cs1. The fraction of sp³-hybridized carbons (Fsp3) is 0.545. The van der Waals surface area contributed by atoms with Gasteiger partial charge in [-0.25, -0.2) is 9.98 Å². The summed E-state index contributed by atoms with van der Waals surface area (Å²) in [4.78, 5) is 11.9. The number of hydrogen-bond donors (Lipinski definition) is 2. The molecule has 0 aliphatic heterocycles. The van der Waals surface area contributed by atoms with Crippen LogP contribution in [0.15, 0.2) is 34.6 Å². The first-order valence-electron chi connectivity index (χ1n) is 10.3. The number of thiazole rings is 1. The number of rotatable bonds is 10. The van der Waals surface area contributed by atoms with E-state index < -0.39 is 0 Å². The van der Waals surface area contributed by atoms with Gasteiger partial charge in [-0.05, 0) is 37.1 Å². The smallest absolute Gasteiger partial charge is 0.191 e. The Labute approximate surface area is 174 Å². The van der Waals surface area contributed by atoms with Crippen molar-refractivity contribution in [2.24, 2.45) is 4.99 Å². The summed E-state index contributed by atoms with van der Waals surface area (Å²) in [6, 6.07) is 8.61. The second-order valence-corrected chi connectivity index (χ2v) is 8.04. The van der Waals surface area contributed by atoms with Crippen LogP contribution in [-0.2, 0) is 19.6 Å². The molecule has 5 nitrogen and oxygen atoms in total. The lowest BCUT2D eigenvalue weighted by atomic mass is 10.1. The highest BCUT2D eigenvalue weighted by atomic mass is 32.1. The van der Waals surface area contributed by atoms with E-state index in [-0.39, 0.29) is 0 Å². The zero-order valence-electron chi connectivity index (χ0n) is 18.0. The minimum Gasteiger partial charge on any atom is -0.357 e. The number of guanidine groups is 1. The van der Waals surface area contributed by atoms with Crippen molar-refractivity contribution in [1.29, 1.82) is 0 Å². The first-order valence-corrected chi connectivity index (χ1v) is 11.2. The standard InChI is InChI=1S/C22H35N5S/c1-6-23-22(25-14-21-26-20(16-28-21)17(4)5)24-13-18-11-9-10-12-19(18)15-27(7-2)8-3/h9-12,16-17H,6-8,13-15H2,1-5H3,(H2,23,24,25). The summed E-state index contributed by atoms with van der Waals surface area (Å²) < 4.78 is 0. The highest BCUT2D eigenvalue weighted by molar-refractivity contribution is 7.09. The highest BCUT2D eigenvalue weighted by Gasteiger charge is 2.08. The molecule has 0 amide bonds. The molecular weight excluding hydrogens is 366 g/mol. The Morgan fingerprint density at radius 3 is 2.43 bits per heavy atom. The molecule has 2 rings (SSSR count). The third-order valence-electron chi connectivity index (χ3n) is 4.73. The molecule has 0 atom stereocenters. The van der Waals surface area contributed by atoms with Gasteiger partial charge in [-0.3, -0.25) is 4.90 Å². The molecule has 1 aromatic heterocycles. The van der Waals surface area contributed by atoms with Crippen LogP contribution < -0.4 is 10.6 Å². The Morgan fingerprint density at radius 2 is 1.82 bits per heavy atom. The van der Waals surface area contributed by atoms with E-state index in [1.807, 2.05) is 0 Å². The van der Waals surface area contributed by atoms with Crippen LogP contribution >= 0.6 is 11.3 Å². The van der Waals surface area contributed by atoms with Crippen molar-refractivity contribution in [3.8, 4) is 0 Å². The summed E-state index contributed by atoms with van der Waals surface area (Å²) in [5.74, 6) is 1.30. The van der Waals surface area contributed by atoms with E-state index in [4.69, 9.17) is 9.98 Å². The maximum Gasteiger partial charge on any atom is 0.191 e. The van der Waals surface area contributed by atoms with E-state index in [9.17, 15) is 0 Å². The Kier molecular flexibility index (Phi) is 9.44. The van der Waals surface area contributed by atoms with Gasteiger partial charge in [0.05, 0.1) is 18.8 Å². The minimum atomic E-state index is 0.467. The fourth-order valence-electron chi connectivity index (χ4n) is 2.89. The Morgan fingerprint density at radius 1 is 1.11 bits per heavy atom. The number of nitrogens with one attached hydrogen (secondary N) is 2. The number of benzene rings is 1. The molecule has 0 fully saturated rings. The molecule has 1 aromatic carbocycles. The van der Waals surface area contributed by atoms with E-state index in [1.54, 1.807) is 11.3 Å². The largest absolute Gasteiger partial charge is 0.357 e. The average Bonchev–Trinajstić information content (AvgIpc) is 3.18. The van der Waals surface area contributed by atoms with Gasteiger partial charge in [0.1, 0.15) is 5.01 Å². The summed E-state index contributed by atoms with van der Waals surface area (Å²) in [6.45, 7) is 16.1. The van der Waals surface area contributed by atoms with Gasteiger partial charge in [0.15, 0.2) is 5.96 Å². The predicted octanol–water partition coefficient (Wildman–Crippen LogP) is 4.36. The Bertz CT molecular complexity index is 734. The van der Waals surface area contributed by atoms with E-state index in [0.717, 1.165) is 42.8 Å². The first-order chi connectivity index (χ1) is 13.6. The van der Waals surface area contributed by atoms with Crippen LogP contribution in [-0.4, -0.2) is 35.5 Å². The quantitative estimate of drug-likeness (QED) is 0.459. The second-order valence-electron chi connectivity index (χ2n) is 7.10. The Hall–Kier alpha value is -1.92. The van der Waals surface area contributed by atoms with Gasteiger partial charge in [0.25, 0.3) is 0 Å². The van der Waals surface area contributed by atoms with Crippen LogP contribution in [0.4, 0.5) is 0 Å². The maximum absolute atomic E-state index is 4.81. The van der Waals surface area contributed by atoms with Gasteiger partial charge in [0, 0.05) is 18.5 Å². The number of aromatic nitrogens is 1. The lowest BCUT2D eigenvalue weighted by molar-refractivity contribution is 0.295. The van der Waals surface area contributed by atoms with Crippen LogP contribution in [0.1, 0.15) is 62.4 Å². The third-order valence-corrected chi connectivity index (χ3v) is 5.59.